The highest BCUT2D eigenvalue weighted by molar-refractivity contribution is 6.33. The molecule has 1 aromatic carbocycles. The van der Waals surface area contributed by atoms with E-state index in [0.29, 0.717) is 23.8 Å². The molecule has 0 saturated carbocycles. The number of nitro benzene ring substituents is 1. The van der Waals surface area contributed by atoms with Gasteiger partial charge in [-0.25, -0.2) is 0 Å². The summed E-state index contributed by atoms with van der Waals surface area (Å²) in [7, 11) is 0. The van der Waals surface area contributed by atoms with Gasteiger partial charge in [0.1, 0.15) is 0 Å². The van der Waals surface area contributed by atoms with Gasteiger partial charge in [-0.15, -0.1) is 0 Å². The van der Waals surface area contributed by atoms with Crippen molar-refractivity contribution in [2.45, 2.75) is 6.42 Å². The number of benzene rings is 1. The van der Waals surface area contributed by atoms with Crippen molar-refractivity contribution in [1.29, 1.82) is 0 Å². The van der Waals surface area contributed by atoms with E-state index in [2.05, 4.69) is 0 Å². The fourth-order valence-corrected chi connectivity index (χ4v) is 2.30. The van der Waals surface area contributed by atoms with Crippen molar-refractivity contribution in [3.63, 3.8) is 0 Å². The molecule has 1 saturated heterocycles. The van der Waals surface area contributed by atoms with Gasteiger partial charge >= 0.3 is 5.97 Å². The van der Waals surface area contributed by atoms with E-state index >= 15 is 0 Å². The Morgan fingerprint density at radius 2 is 2.22 bits per heavy atom. The summed E-state index contributed by atoms with van der Waals surface area (Å²) in [4.78, 5) is 22.5. The molecule has 1 aromatic rings. The van der Waals surface area contributed by atoms with Gasteiger partial charge in [-0.3, -0.25) is 14.9 Å². The highest BCUT2D eigenvalue weighted by Crippen LogP contribution is 2.34. The Hall–Kier alpha value is -1.82. The average molecular weight is 271 g/mol. The quantitative estimate of drug-likeness (QED) is 0.669. The predicted molar refractivity (Wildman–Crippen MR) is 66.1 cm³/mol. The van der Waals surface area contributed by atoms with Crippen LogP contribution in [-0.4, -0.2) is 29.1 Å². The van der Waals surface area contributed by atoms with E-state index in [1.54, 1.807) is 6.07 Å². The standard InChI is InChI=1S/C11H11ClN2O4/c12-9-4-8(14(17)18)1-2-10(9)13-5-7(6-13)3-11(15)16/h1-2,4,7H,3,5-6H2,(H,15,16). The lowest BCUT2D eigenvalue weighted by atomic mass is 9.95. The first kappa shape index (κ1) is 12.6. The average Bonchev–Trinajstić information content (AvgIpc) is 2.23. The zero-order chi connectivity index (χ0) is 13.3. The molecule has 0 spiro atoms. The minimum absolute atomic E-state index is 0.0497. The predicted octanol–water partition coefficient (Wildman–Crippen LogP) is 2.16. The van der Waals surface area contributed by atoms with Crippen molar-refractivity contribution >= 4 is 28.9 Å². The fourth-order valence-electron chi connectivity index (χ4n) is 2.01. The van der Waals surface area contributed by atoms with Crippen LogP contribution in [0.3, 0.4) is 0 Å². The van der Waals surface area contributed by atoms with Crippen LogP contribution in [0.4, 0.5) is 11.4 Å². The zero-order valence-electron chi connectivity index (χ0n) is 9.38. The van der Waals surface area contributed by atoms with Gasteiger partial charge in [-0.2, -0.15) is 0 Å². The molecule has 1 aliphatic heterocycles. The third-order valence-corrected chi connectivity index (χ3v) is 3.21. The van der Waals surface area contributed by atoms with Crippen molar-refractivity contribution in [2.24, 2.45) is 5.92 Å². The fraction of sp³-hybridized carbons (Fsp3) is 0.364. The highest BCUT2D eigenvalue weighted by Gasteiger charge is 2.30. The number of aliphatic carboxylic acids is 1. The van der Waals surface area contributed by atoms with Crippen LogP contribution >= 0.6 is 11.6 Å². The molecular weight excluding hydrogens is 260 g/mol. The third kappa shape index (κ3) is 2.53. The van der Waals surface area contributed by atoms with Crippen LogP contribution in [0, 0.1) is 16.0 Å². The Balaban J connectivity index is 2.04. The summed E-state index contributed by atoms with van der Waals surface area (Å²) in [6.45, 7) is 1.23. The molecule has 0 amide bonds. The van der Waals surface area contributed by atoms with Crippen LogP contribution in [0.1, 0.15) is 6.42 Å². The van der Waals surface area contributed by atoms with Gasteiger partial charge < -0.3 is 10.0 Å². The van der Waals surface area contributed by atoms with Gasteiger partial charge in [0.05, 0.1) is 22.1 Å². The molecule has 0 aromatic heterocycles. The first-order chi connectivity index (χ1) is 8.47. The molecule has 0 unspecified atom stereocenters. The highest BCUT2D eigenvalue weighted by atomic mass is 35.5. The van der Waals surface area contributed by atoms with Crippen molar-refractivity contribution < 1.29 is 14.8 Å². The Morgan fingerprint density at radius 3 is 2.72 bits per heavy atom. The number of halogens is 1. The van der Waals surface area contributed by atoms with Gasteiger partial charge in [0, 0.05) is 31.1 Å². The Morgan fingerprint density at radius 1 is 1.56 bits per heavy atom. The topological polar surface area (TPSA) is 83.7 Å². The SMILES string of the molecule is O=C(O)CC1CN(c2ccc([N+](=O)[O-])cc2Cl)C1. The maximum Gasteiger partial charge on any atom is 0.303 e. The minimum atomic E-state index is -0.811. The van der Waals surface area contributed by atoms with Crippen molar-refractivity contribution in [1.82, 2.24) is 0 Å². The lowest BCUT2D eigenvalue weighted by molar-refractivity contribution is -0.384. The molecule has 0 radical (unpaired) electrons. The van der Waals surface area contributed by atoms with E-state index in [0.717, 1.165) is 0 Å². The molecule has 96 valence electrons. The van der Waals surface area contributed by atoms with E-state index in [1.807, 2.05) is 4.90 Å². The first-order valence-electron chi connectivity index (χ1n) is 5.38. The van der Waals surface area contributed by atoms with Crippen LogP contribution in [0.15, 0.2) is 18.2 Å². The Bertz CT molecular complexity index is 500. The molecule has 1 N–H and O–H groups in total. The summed E-state index contributed by atoms with van der Waals surface area (Å²) < 4.78 is 0. The second-order valence-corrected chi connectivity index (χ2v) is 4.67. The first-order valence-corrected chi connectivity index (χ1v) is 5.76. The molecule has 6 nitrogen and oxygen atoms in total. The van der Waals surface area contributed by atoms with Crippen LogP contribution in [-0.2, 0) is 4.79 Å². The van der Waals surface area contributed by atoms with Crippen LogP contribution in [0.25, 0.3) is 0 Å². The van der Waals surface area contributed by atoms with Gasteiger partial charge in [0.2, 0.25) is 0 Å². The summed E-state index contributed by atoms with van der Waals surface area (Å²) in [6, 6.07) is 4.30. The molecule has 7 heteroatoms. The molecule has 18 heavy (non-hydrogen) atoms. The summed E-state index contributed by atoms with van der Waals surface area (Å²) >= 11 is 5.97. The van der Waals surface area contributed by atoms with Gasteiger partial charge in [-0.05, 0) is 6.07 Å². The summed E-state index contributed by atoms with van der Waals surface area (Å²) in [5, 5.41) is 19.5. The number of non-ortho nitro benzene ring substituents is 1. The van der Waals surface area contributed by atoms with Gasteiger partial charge in [0.25, 0.3) is 5.69 Å². The molecule has 1 aliphatic rings. The number of rotatable bonds is 4. The summed E-state index contributed by atoms with van der Waals surface area (Å²) in [5.74, 6) is -0.691. The Labute approximate surface area is 108 Å². The van der Waals surface area contributed by atoms with Gasteiger partial charge in [0.15, 0.2) is 0 Å². The molecular formula is C11H11ClN2O4. The lowest BCUT2D eigenvalue weighted by Crippen LogP contribution is -2.47. The summed E-state index contributed by atoms with van der Waals surface area (Å²) in [5.41, 5.74) is 0.662. The lowest BCUT2D eigenvalue weighted by Gasteiger charge is -2.40. The zero-order valence-corrected chi connectivity index (χ0v) is 10.1. The second-order valence-electron chi connectivity index (χ2n) is 4.26. The molecule has 0 aliphatic carbocycles. The van der Waals surface area contributed by atoms with E-state index < -0.39 is 10.9 Å². The minimum Gasteiger partial charge on any atom is -0.481 e. The van der Waals surface area contributed by atoms with E-state index in [-0.39, 0.29) is 18.0 Å². The van der Waals surface area contributed by atoms with Gasteiger partial charge in [-0.1, -0.05) is 11.6 Å². The van der Waals surface area contributed by atoms with Crippen LogP contribution < -0.4 is 4.90 Å². The molecule has 0 atom stereocenters. The van der Waals surface area contributed by atoms with E-state index in [9.17, 15) is 14.9 Å². The monoisotopic (exact) mass is 270 g/mol. The number of hydrogen-bond donors (Lipinski definition) is 1. The van der Waals surface area contributed by atoms with Crippen LogP contribution in [0.5, 0.6) is 0 Å². The maximum atomic E-state index is 10.6. The third-order valence-electron chi connectivity index (χ3n) is 2.90. The largest absolute Gasteiger partial charge is 0.481 e. The number of carboxylic acid groups (broad SMARTS) is 1. The number of anilines is 1. The summed E-state index contributed by atoms with van der Waals surface area (Å²) in [6.07, 6.45) is 0.140. The Kier molecular flexibility index (Phi) is 3.38. The van der Waals surface area contributed by atoms with Crippen molar-refractivity contribution in [2.75, 3.05) is 18.0 Å². The maximum absolute atomic E-state index is 10.6. The molecule has 2 rings (SSSR count). The van der Waals surface area contributed by atoms with E-state index in [4.69, 9.17) is 16.7 Å². The normalized spacial score (nSPS) is 15.3. The number of hydrogen-bond acceptors (Lipinski definition) is 4. The number of carboxylic acids is 1. The van der Waals surface area contributed by atoms with E-state index in [1.165, 1.54) is 12.1 Å². The molecule has 1 fully saturated rings. The number of nitrogens with zero attached hydrogens (tertiary/aromatic N) is 2. The van der Waals surface area contributed by atoms with Crippen molar-refractivity contribution in [3.8, 4) is 0 Å². The van der Waals surface area contributed by atoms with Crippen LogP contribution in [0.2, 0.25) is 5.02 Å². The molecule has 1 heterocycles. The second kappa shape index (κ2) is 4.81. The smallest absolute Gasteiger partial charge is 0.303 e. The molecule has 0 bridgehead atoms. The van der Waals surface area contributed by atoms with Crippen molar-refractivity contribution in [3.05, 3.63) is 33.3 Å². The number of nitro groups is 1. The number of carbonyl (C=O) groups is 1.